The number of fused-ring (bicyclic) bond motifs is 2. The minimum absolute atomic E-state index is 0.0475. The molecule has 2 atom stereocenters. The third-order valence-corrected chi connectivity index (χ3v) is 7.04. The summed E-state index contributed by atoms with van der Waals surface area (Å²) in [6, 6.07) is 23.1. The maximum Gasteiger partial charge on any atom is 0.231 e. The highest BCUT2D eigenvalue weighted by molar-refractivity contribution is 6.06. The lowest BCUT2D eigenvalue weighted by Crippen LogP contribution is -2.38. The Labute approximate surface area is 204 Å². The standard InChI is InChI=1S/C29H26N2O4/c1-2-27(33)31-23-11-7-6-10-21(23)30-22-14-20(18-8-4-3-5-9-18)15-24(32)28(22)29(31)19-12-13-25-26(16-19)35-17-34-25/h3-13,16,20,29-30H,2,14-15,17H2,1H3/t20-,29+/m0/s1. The van der Waals surface area contributed by atoms with Gasteiger partial charge >= 0.3 is 0 Å². The Hall–Kier alpha value is -4.06. The molecule has 1 N–H and O–H groups in total. The van der Waals surface area contributed by atoms with E-state index in [0.29, 0.717) is 36.3 Å². The Morgan fingerprint density at radius 2 is 1.71 bits per heavy atom. The summed E-state index contributed by atoms with van der Waals surface area (Å²) in [5.74, 6) is 1.38. The lowest BCUT2D eigenvalue weighted by molar-refractivity contribution is -0.119. The molecule has 6 nitrogen and oxygen atoms in total. The number of hydrogen-bond donors (Lipinski definition) is 1. The predicted molar refractivity (Wildman–Crippen MR) is 134 cm³/mol. The molecular formula is C29H26N2O4. The summed E-state index contributed by atoms with van der Waals surface area (Å²) in [7, 11) is 0. The van der Waals surface area contributed by atoms with Gasteiger partial charge in [-0.05, 0) is 47.7 Å². The molecule has 3 aromatic rings. The molecule has 6 rings (SSSR count). The molecule has 3 aromatic carbocycles. The number of ether oxygens (including phenoxy) is 2. The first-order valence-corrected chi connectivity index (χ1v) is 12.0. The van der Waals surface area contributed by atoms with Gasteiger partial charge in [0.25, 0.3) is 0 Å². The zero-order valence-corrected chi connectivity index (χ0v) is 19.5. The van der Waals surface area contributed by atoms with Crippen LogP contribution in [0.3, 0.4) is 0 Å². The average Bonchev–Trinajstić information content (AvgIpc) is 3.30. The Kier molecular flexibility index (Phi) is 5.29. The van der Waals surface area contributed by atoms with E-state index in [9.17, 15) is 9.59 Å². The van der Waals surface area contributed by atoms with Crippen LogP contribution < -0.4 is 19.7 Å². The van der Waals surface area contributed by atoms with E-state index < -0.39 is 6.04 Å². The number of carbonyl (C=O) groups is 2. The molecule has 0 bridgehead atoms. The van der Waals surface area contributed by atoms with Crippen LogP contribution in [0.1, 0.15) is 49.3 Å². The fourth-order valence-corrected chi connectivity index (χ4v) is 5.40. The molecular weight excluding hydrogens is 440 g/mol. The molecule has 0 saturated heterocycles. The Morgan fingerprint density at radius 1 is 0.943 bits per heavy atom. The third kappa shape index (κ3) is 3.66. The van der Waals surface area contributed by atoms with Crippen molar-refractivity contribution in [3.63, 3.8) is 0 Å². The highest BCUT2D eigenvalue weighted by Crippen LogP contribution is 2.48. The second-order valence-electron chi connectivity index (χ2n) is 9.11. The molecule has 2 aliphatic heterocycles. The van der Waals surface area contributed by atoms with Crippen molar-refractivity contribution < 1.29 is 19.1 Å². The van der Waals surface area contributed by atoms with Crippen molar-refractivity contribution >= 4 is 23.1 Å². The largest absolute Gasteiger partial charge is 0.454 e. The molecule has 0 fully saturated rings. The monoisotopic (exact) mass is 466 g/mol. The van der Waals surface area contributed by atoms with Crippen LogP contribution in [0.15, 0.2) is 84.1 Å². The molecule has 2 heterocycles. The number of benzene rings is 3. The van der Waals surface area contributed by atoms with E-state index >= 15 is 0 Å². The number of nitrogens with zero attached hydrogens (tertiary/aromatic N) is 1. The summed E-state index contributed by atoms with van der Waals surface area (Å²) in [5, 5.41) is 3.56. The molecule has 1 aliphatic carbocycles. The minimum atomic E-state index is -0.563. The van der Waals surface area contributed by atoms with E-state index in [0.717, 1.165) is 28.2 Å². The van der Waals surface area contributed by atoms with E-state index in [2.05, 4.69) is 17.4 Å². The van der Waals surface area contributed by atoms with Crippen LogP contribution in [0.25, 0.3) is 0 Å². The fourth-order valence-electron chi connectivity index (χ4n) is 5.40. The number of ketones is 1. The summed E-state index contributed by atoms with van der Waals surface area (Å²) in [6.45, 7) is 2.01. The Bertz CT molecular complexity index is 1350. The van der Waals surface area contributed by atoms with Crippen LogP contribution in [-0.2, 0) is 9.59 Å². The molecule has 6 heteroatoms. The van der Waals surface area contributed by atoms with Crippen molar-refractivity contribution in [3.05, 3.63) is 95.2 Å². The lowest BCUT2D eigenvalue weighted by Gasteiger charge is -2.35. The van der Waals surface area contributed by atoms with Crippen molar-refractivity contribution in [3.8, 4) is 11.5 Å². The summed E-state index contributed by atoms with van der Waals surface area (Å²) < 4.78 is 11.2. The Morgan fingerprint density at radius 3 is 2.54 bits per heavy atom. The minimum Gasteiger partial charge on any atom is -0.454 e. The van der Waals surface area contributed by atoms with Gasteiger partial charge < -0.3 is 14.8 Å². The summed E-state index contributed by atoms with van der Waals surface area (Å²) >= 11 is 0. The average molecular weight is 467 g/mol. The quantitative estimate of drug-likeness (QED) is 0.534. The van der Waals surface area contributed by atoms with Crippen LogP contribution >= 0.6 is 0 Å². The van der Waals surface area contributed by atoms with Gasteiger partial charge in [-0.3, -0.25) is 14.5 Å². The maximum atomic E-state index is 13.9. The van der Waals surface area contributed by atoms with Gasteiger partial charge in [-0.25, -0.2) is 0 Å². The molecule has 3 aliphatic rings. The smallest absolute Gasteiger partial charge is 0.231 e. The van der Waals surface area contributed by atoms with Gasteiger partial charge in [0.05, 0.1) is 17.4 Å². The van der Waals surface area contributed by atoms with Gasteiger partial charge in [-0.15, -0.1) is 0 Å². The lowest BCUT2D eigenvalue weighted by atomic mass is 9.78. The number of nitrogens with one attached hydrogen (secondary N) is 1. The maximum absolute atomic E-state index is 13.9. The van der Waals surface area contributed by atoms with Crippen LogP contribution in [-0.4, -0.2) is 18.5 Å². The second-order valence-corrected chi connectivity index (χ2v) is 9.11. The number of anilines is 2. The normalized spacial score (nSPS) is 20.6. The van der Waals surface area contributed by atoms with Crippen LogP contribution in [0.4, 0.5) is 11.4 Å². The van der Waals surface area contributed by atoms with Crippen molar-refractivity contribution in [1.82, 2.24) is 0 Å². The third-order valence-electron chi connectivity index (χ3n) is 7.04. The number of rotatable bonds is 3. The van der Waals surface area contributed by atoms with Gasteiger partial charge in [0.2, 0.25) is 12.7 Å². The number of carbonyl (C=O) groups excluding carboxylic acids is 2. The SMILES string of the molecule is CCC(=O)N1c2ccccc2NC2=C(C(=O)C[C@@H](c3ccccc3)C2)[C@H]1c1ccc2c(c1)OCO2. The molecule has 35 heavy (non-hydrogen) atoms. The number of hydrogen-bond acceptors (Lipinski definition) is 5. The number of allylic oxidation sites excluding steroid dienone is 1. The fraction of sp³-hybridized carbons (Fsp3) is 0.241. The van der Waals surface area contributed by atoms with E-state index in [1.165, 1.54) is 0 Å². The number of para-hydroxylation sites is 2. The topological polar surface area (TPSA) is 67.9 Å². The molecule has 176 valence electrons. The molecule has 1 amide bonds. The predicted octanol–water partition coefficient (Wildman–Crippen LogP) is 5.73. The summed E-state index contributed by atoms with van der Waals surface area (Å²) in [4.78, 5) is 29.2. The van der Waals surface area contributed by atoms with Crippen molar-refractivity contribution in [2.45, 2.75) is 38.1 Å². The van der Waals surface area contributed by atoms with Crippen molar-refractivity contribution in [2.24, 2.45) is 0 Å². The van der Waals surface area contributed by atoms with E-state index in [1.807, 2.05) is 67.6 Å². The first-order valence-electron chi connectivity index (χ1n) is 12.0. The number of Topliss-reactive ketones (excluding diaryl/α,β-unsaturated/α-hetero) is 1. The number of amides is 1. The first-order chi connectivity index (χ1) is 17.1. The van der Waals surface area contributed by atoms with Gasteiger partial charge in [0.15, 0.2) is 17.3 Å². The van der Waals surface area contributed by atoms with Gasteiger partial charge in [-0.1, -0.05) is 55.5 Å². The van der Waals surface area contributed by atoms with Crippen molar-refractivity contribution in [2.75, 3.05) is 17.0 Å². The summed E-state index contributed by atoms with van der Waals surface area (Å²) in [6.07, 6.45) is 1.41. The zero-order chi connectivity index (χ0) is 23.9. The zero-order valence-electron chi connectivity index (χ0n) is 19.5. The van der Waals surface area contributed by atoms with Crippen LogP contribution in [0.2, 0.25) is 0 Å². The molecule has 0 radical (unpaired) electrons. The molecule has 0 spiro atoms. The van der Waals surface area contributed by atoms with Crippen LogP contribution in [0.5, 0.6) is 11.5 Å². The second kappa shape index (κ2) is 8.62. The molecule has 0 unspecified atom stereocenters. The van der Waals surface area contributed by atoms with Gasteiger partial charge in [-0.2, -0.15) is 0 Å². The first kappa shape index (κ1) is 21.5. The highest BCUT2D eigenvalue weighted by Gasteiger charge is 2.41. The van der Waals surface area contributed by atoms with Gasteiger partial charge in [0, 0.05) is 24.1 Å². The van der Waals surface area contributed by atoms with Crippen LogP contribution in [0, 0.1) is 0 Å². The Balaban J connectivity index is 1.55. The van der Waals surface area contributed by atoms with Crippen molar-refractivity contribution in [1.29, 1.82) is 0 Å². The van der Waals surface area contributed by atoms with E-state index in [-0.39, 0.29) is 24.4 Å². The highest BCUT2D eigenvalue weighted by atomic mass is 16.7. The molecule has 0 aromatic heterocycles. The van der Waals surface area contributed by atoms with E-state index in [4.69, 9.17) is 9.47 Å². The van der Waals surface area contributed by atoms with Gasteiger partial charge in [0.1, 0.15) is 0 Å². The molecule has 0 saturated carbocycles. The summed E-state index contributed by atoms with van der Waals surface area (Å²) in [5.41, 5.74) is 5.08. The van der Waals surface area contributed by atoms with E-state index in [1.54, 1.807) is 4.90 Å².